The van der Waals surface area contributed by atoms with Crippen LogP contribution in [-0.4, -0.2) is 27.5 Å². The standard InChI is InChI=1S/C18H13BO5/c20-12-3-4-13-10(7-12)2-6-18-14(13)9-15(19(23)24-18)11-1-5-16(21)17(22)8-11/h1-9,20-23H. The Labute approximate surface area is 137 Å². The fourth-order valence-electron chi connectivity index (χ4n) is 2.91. The summed E-state index contributed by atoms with van der Waals surface area (Å²) in [6.07, 6.45) is 1.79. The first-order valence-electron chi connectivity index (χ1n) is 7.37. The number of rotatable bonds is 1. The Hall–Kier alpha value is -3.12. The molecule has 4 rings (SSSR count). The molecule has 0 atom stereocenters. The minimum absolute atomic E-state index is 0.173. The largest absolute Gasteiger partial charge is 0.560 e. The molecular formula is C18H13BO5. The van der Waals surface area contributed by atoms with Gasteiger partial charge in [-0.2, -0.15) is 0 Å². The van der Waals surface area contributed by atoms with Crippen LogP contribution < -0.4 is 4.65 Å². The van der Waals surface area contributed by atoms with Crippen LogP contribution in [0.1, 0.15) is 11.1 Å². The summed E-state index contributed by atoms with van der Waals surface area (Å²) in [6.45, 7) is 0. The van der Waals surface area contributed by atoms with Gasteiger partial charge in [-0.15, -0.1) is 0 Å². The summed E-state index contributed by atoms with van der Waals surface area (Å²) in [6, 6.07) is 12.9. The van der Waals surface area contributed by atoms with Gasteiger partial charge in [0.05, 0.1) is 0 Å². The Morgan fingerprint density at radius 2 is 1.67 bits per heavy atom. The Balaban J connectivity index is 1.93. The molecule has 0 spiro atoms. The van der Waals surface area contributed by atoms with Gasteiger partial charge in [-0.3, -0.25) is 0 Å². The molecule has 0 unspecified atom stereocenters. The summed E-state index contributed by atoms with van der Waals surface area (Å²) >= 11 is 0. The zero-order valence-corrected chi connectivity index (χ0v) is 12.5. The molecule has 3 aromatic carbocycles. The monoisotopic (exact) mass is 320 g/mol. The van der Waals surface area contributed by atoms with Crippen molar-refractivity contribution in [3.8, 4) is 23.0 Å². The van der Waals surface area contributed by atoms with Crippen molar-refractivity contribution in [2.45, 2.75) is 0 Å². The number of benzene rings is 3. The van der Waals surface area contributed by atoms with E-state index in [9.17, 15) is 20.3 Å². The molecule has 0 aromatic heterocycles. The zero-order chi connectivity index (χ0) is 16.8. The van der Waals surface area contributed by atoms with Gasteiger partial charge in [0.1, 0.15) is 11.5 Å². The molecular weight excluding hydrogens is 307 g/mol. The molecule has 0 bridgehead atoms. The van der Waals surface area contributed by atoms with Gasteiger partial charge in [-0.05, 0) is 58.8 Å². The summed E-state index contributed by atoms with van der Waals surface area (Å²) in [5, 5.41) is 40.7. The third-order valence-corrected chi connectivity index (χ3v) is 4.12. The third-order valence-electron chi connectivity index (χ3n) is 4.12. The van der Waals surface area contributed by atoms with Crippen molar-refractivity contribution >= 4 is 29.4 Å². The van der Waals surface area contributed by atoms with Crippen LogP contribution in [0.3, 0.4) is 0 Å². The predicted molar refractivity (Wildman–Crippen MR) is 91.9 cm³/mol. The Morgan fingerprint density at radius 1 is 0.833 bits per heavy atom. The van der Waals surface area contributed by atoms with E-state index in [2.05, 4.69) is 0 Å². The van der Waals surface area contributed by atoms with Crippen LogP contribution in [0, 0.1) is 0 Å². The molecule has 118 valence electrons. The van der Waals surface area contributed by atoms with Gasteiger partial charge in [-0.1, -0.05) is 12.1 Å². The van der Waals surface area contributed by atoms with E-state index in [1.807, 2.05) is 6.07 Å². The van der Waals surface area contributed by atoms with Crippen LogP contribution in [0.15, 0.2) is 48.5 Å². The normalized spacial score (nSPS) is 13.4. The van der Waals surface area contributed by atoms with Crippen LogP contribution in [0.5, 0.6) is 23.0 Å². The first-order chi connectivity index (χ1) is 11.5. The van der Waals surface area contributed by atoms with Crippen molar-refractivity contribution in [2.24, 2.45) is 0 Å². The molecule has 4 N–H and O–H groups in total. The molecule has 0 fully saturated rings. The quantitative estimate of drug-likeness (QED) is 0.409. The van der Waals surface area contributed by atoms with Crippen molar-refractivity contribution in [1.29, 1.82) is 0 Å². The van der Waals surface area contributed by atoms with Crippen molar-refractivity contribution in [3.05, 3.63) is 59.7 Å². The van der Waals surface area contributed by atoms with Gasteiger partial charge in [0.2, 0.25) is 0 Å². The van der Waals surface area contributed by atoms with E-state index in [0.29, 0.717) is 16.8 Å². The summed E-state index contributed by atoms with van der Waals surface area (Å²) in [7, 11) is -1.18. The third kappa shape index (κ3) is 2.24. The summed E-state index contributed by atoms with van der Waals surface area (Å²) in [5.41, 5.74) is 1.79. The van der Waals surface area contributed by atoms with E-state index in [1.165, 1.54) is 12.1 Å². The fraction of sp³-hybridized carbons (Fsp3) is 0. The van der Waals surface area contributed by atoms with Gasteiger partial charge in [0, 0.05) is 11.0 Å². The summed E-state index contributed by atoms with van der Waals surface area (Å²) in [5.74, 6) is 0.209. The Kier molecular flexibility index (Phi) is 3.14. The Morgan fingerprint density at radius 3 is 2.46 bits per heavy atom. The maximum atomic E-state index is 10.3. The van der Waals surface area contributed by atoms with Crippen LogP contribution in [0.2, 0.25) is 0 Å². The van der Waals surface area contributed by atoms with E-state index in [4.69, 9.17) is 4.65 Å². The molecule has 5 nitrogen and oxygen atoms in total. The van der Waals surface area contributed by atoms with Crippen LogP contribution in [0.4, 0.5) is 0 Å². The van der Waals surface area contributed by atoms with Gasteiger partial charge in [0.25, 0.3) is 0 Å². The second-order valence-electron chi connectivity index (χ2n) is 5.66. The average molecular weight is 320 g/mol. The lowest BCUT2D eigenvalue weighted by atomic mass is 9.71. The SMILES string of the molecule is OB1Oc2ccc3cc(O)ccc3c2C=C1c1ccc(O)c(O)c1. The van der Waals surface area contributed by atoms with Crippen molar-refractivity contribution in [2.75, 3.05) is 0 Å². The van der Waals surface area contributed by atoms with E-state index in [1.54, 1.807) is 36.4 Å². The highest BCUT2D eigenvalue weighted by molar-refractivity contribution is 6.70. The molecule has 1 aliphatic heterocycles. The first kappa shape index (κ1) is 14.5. The molecule has 1 aliphatic rings. The number of aromatic hydroxyl groups is 3. The number of phenolic OH excluding ortho intramolecular Hbond substituents is 3. The van der Waals surface area contributed by atoms with Gasteiger partial charge in [0.15, 0.2) is 11.5 Å². The highest BCUT2D eigenvalue weighted by Gasteiger charge is 2.29. The number of fused-ring (bicyclic) bond motifs is 3. The summed E-state index contributed by atoms with van der Waals surface area (Å²) in [4.78, 5) is 0. The zero-order valence-electron chi connectivity index (χ0n) is 12.5. The van der Waals surface area contributed by atoms with Gasteiger partial charge in [-0.25, -0.2) is 0 Å². The van der Waals surface area contributed by atoms with Crippen molar-refractivity contribution in [3.63, 3.8) is 0 Å². The van der Waals surface area contributed by atoms with Crippen molar-refractivity contribution < 1.29 is 25.0 Å². The van der Waals surface area contributed by atoms with Gasteiger partial charge < -0.3 is 25.0 Å². The minimum Gasteiger partial charge on any atom is -0.532 e. The van der Waals surface area contributed by atoms with Crippen molar-refractivity contribution in [1.82, 2.24) is 0 Å². The molecule has 0 radical (unpaired) electrons. The highest BCUT2D eigenvalue weighted by atomic mass is 16.5. The molecule has 0 aliphatic carbocycles. The lowest BCUT2D eigenvalue weighted by Crippen LogP contribution is -2.27. The molecule has 1 heterocycles. The van der Waals surface area contributed by atoms with Crippen LogP contribution in [0.25, 0.3) is 22.3 Å². The summed E-state index contributed by atoms with van der Waals surface area (Å²) < 4.78 is 5.59. The van der Waals surface area contributed by atoms with E-state index < -0.39 is 7.12 Å². The smallest absolute Gasteiger partial charge is 0.532 e. The minimum atomic E-state index is -1.18. The number of hydrogen-bond acceptors (Lipinski definition) is 5. The number of hydrogen-bond donors (Lipinski definition) is 4. The van der Waals surface area contributed by atoms with E-state index in [-0.39, 0.29) is 17.2 Å². The lowest BCUT2D eigenvalue weighted by molar-refractivity contribution is 0.403. The molecule has 0 amide bonds. The molecule has 3 aromatic rings. The predicted octanol–water partition coefficient (Wildman–Crippen LogP) is 2.91. The van der Waals surface area contributed by atoms with Crippen LogP contribution in [-0.2, 0) is 0 Å². The molecule has 0 saturated carbocycles. The average Bonchev–Trinajstić information content (AvgIpc) is 2.56. The molecule has 6 heteroatoms. The Bertz CT molecular complexity index is 996. The van der Waals surface area contributed by atoms with E-state index >= 15 is 0 Å². The second-order valence-corrected chi connectivity index (χ2v) is 5.66. The maximum absolute atomic E-state index is 10.3. The molecule has 24 heavy (non-hydrogen) atoms. The van der Waals surface area contributed by atoms with Crippen LogP contribution >= 0.6 is 0 Å². The fourth-order valence-corrected chi connectivity index (χ4v) is 2.91. The lowest BCUT2D eigenvalue weighted by Gasteiger charge is -2.22. The number of phenols is 3. The maximum Gasteiger partial charge on any atom is 0.560 e. The highest BCUT2D eigenvalue weighted by Crippen LogP contribution is 2.39. The topological polar surface area (TPSA) is 90.2 Å². The van der Waals surface area contributed by atoms with E-state index in [0.717, 1.165) is 16.3 Å². The van der Waals surface area contributed by atoms with Gasteiger partial charge >= 0.3 is 7.12 Å². The molecule has 0 saturated heterocycles. The second kappa shape index (κ2) is 5.21. The first-order valence-corrected chi connectivity index (χ1v) is 7.37.